The number of nitrogens with one attached hydrogen (secondary N) is 1. The third-order valence-electron chi connectivity index (χ3n) is 7.48. The molecule has 1 N–H and O–H groups in total. The molecule has 51 heavy (non-hydrogen) atoms. The Morgan fingerprint density at radius 2 is 1.57 bits per heavy atom. The second-order valence-corrected chi connectivity index (χ2v) is 21.4. The van der Waals surface area contributed by atoms with Crippen LogP contribution in [0.25, 0.3) is 11.2 Å². The zero-order valence-corrected chi connectivity index (χ0v) is 33.5. The summed E-state index contributed by atoms with van der Waals surface area (Å²) in [6, 6.07) is 20.3. The van der Waals surface area contributed by atoms with Gasteiger partial charge in [-0.15, -0.1) is 16.5 Å². The molecule has 2 aromatic carbocycles. The Labute approximate surface area is 307 Å². The molecule has 13 nitrogen and oxygen atoms in total. The number of rotatable bonds is 17. The maximum atomic E-state index is 13.7. The highest BCUT2D eigenvalue weighted by atomic mass is 32.2. The third kappa shape index (κ3) is 10.1. The molecule has 0 radical (unpaired) electrons. The van der Waals surface area contributed by atoms with Crippen LogP contribution in [0.15, 0.2) is 67.0 Å². The Bertz CT molecular complexity index is 1760. The fourth-order valence-electron chi connectivity index (χ4n) is 5.49. The van der Waals surface area contributed by atoms with Crippen LogP contribution in [0.2, 0.25) is 5.04 Å². The summed E-state index contributed by atoms with van der Waals surface area (Å²) in [5.41, 5.74) is -0.535. The second-order valence-electron chi connectivity index (χ2n) is 13.4. The molecule has 0 saturated carbocycles. The van der Waals surface area contributed by atoms with Crippen molar-refractivity contribution in [1.29, 1.82) is 0 Å². The van der Waals surface area contributed by atoms with Crippen LogP contribution in [-0.2, 0) is 22.8 Å². The number of imidazole rings is 1. The number of hydrogen-bond donors (Lipinski definition) is 1. The first-order chi connectivity index (χ1) is 24.6. The molecule has 0 fully saturated rings. The average molecular weight is 761 g/mol. The van der Waals surface area contributed by atoms with Crippen molar-refractivity contribution in [1.82, 2.24) is 19.7 Å². The first kappa shape index (κ1) is 38.8. The van der Waals surface area contributed by atoms with Crippen LogP contribution >= 0.6 is 19.4 Å². The maximum absolute atomic E-state index is 13.7. The smallest absolute Gasteiger partial charge is 0.414 e. The molecule has 4 rings (SSSR count). The molecule has 4 aromatic rings. The normalized spacial score (nSPS) is 14.1. The van der Waals surface area contributed by atoms with Gasteiger partial charge in [-0.2, -0.15) is 4.98 Å². The Kier molecular flexibility index (Phi) is 13.2. The standard InChI is InChI=1S/C35H50N5O8PSSi/c1-10-45-49(42,46-11-2)25-50-26(23-47-51(35(6,7)8,27-18-14-12-15-19-27)28-20-16-13-17-21-28)22-44-40-30-29(31(43-9)37-24-36-30)38-32(40)39-33(41)48-34(3,4)5/h12-21,24,26H,10-11,22-23,25H2,1-9H3,(H,38,39,41)/t26-/m0/s1/i22D/t22?,26-. The maximum Gasteiger partial charge on any atom is 0.414 e. The average Bonchev–Trinajstić information content (AvgIpc) is 3.42. The molecule has 278 valence electrons. The van der Waals surface area contributed by atoms with Gasteiger partial charge in [-0.05, 0) is 50.0 Å². The van der Waals surface area contributed by atoms with Crippen molar-refractivity contribution >= 4 is 61.3 Å². The lowest BCUT2D eigenvalue weighted by Gasteiger charge is -2.43. The Hall–Kier alpha value is -3.46. The highest BCUT2D eigenvalue weighted by Gasteiger charge is 2.50. The van der Waals surface area contributed by atoms with E-state index in [-0.39, 0.29) is 53.3 Å². The van der Waals surface area contributed by atoms with E-state index in [0.717, 1.165) is 15.1 Å². The number of amides is 1. The van der Waals surface area contributed by atoms with Crippen LogP contribution in [0.1, 0.15) is 56.8 Å². The van der Waals surface area contributed by atoms with Crippen molar-refractivity contribution < 1.29 is 38.5 Å². The zero-order valence-electron chi connectivity index (χ0n) is 31.7. The minimum Gasteiger partial charge on any atom is -0.479 e. The topological polar surface area (TPSA) is 145 Å². The SMILES string of the molecule is [2H]C(On1c(NC(=O)OC(C)(C)C)nc2c(OC)ncnc21)[C@@H](CO[Si](c1ccccc1)(c1ccccc1)C(C)(C)C)SCP(=O)(OCC)OCC. The molecule has 16 heteroatoms. The number of aromatic nitrogens is 4. The number of carbonyl (C=O) groups is 1. The van der Waals surface area contributed by atoms with E-state index in [2.05, 4.69) is 65.3 Å². The van der Waals surface area contributed by atoms with Crippen molar-refractivity contribution in [2.24, 2.45) is 0 Å². The quantitative estimate of drug-likeness (QED) is 0.0925. The molecular formula is C35H50N5O8PSSi. The Morgan fingerprint density at radius 3 is 2.08 bits per heavy atom. The molecular weight excluding hydrogens is 710 g/mol. The van der Waals surface area contributed by atoms with Crippen LogP contribution < -0.4 is 25.3 Å². The summed E-state index contributed by atoms with van der Waals surface area (Å²) < 4.78 is 53.5. The summed E-state index contributed by atoms with van der Waals surface area (Å²) in [5.74, 6) is 0.0303. The molecule has 2 atom stereocenters. The predicted molar refractivity (Wildman–Crippen MR) is 204 cm³/mol. The molecule has 1 unspecified atom stereocenters. The molecule has 1 amide bonds. The first-order valence-corrected chi connectivity index (χ1v) is 21.4. The molecule has 0 spiro atoms. The summed E-state index contributed by atoms with van der Waals surface area (Å²) in [5, 5.41) is 3.59. The van der Waals surface area contributed by atoms with Crippen molar-refractivity contribution in [2.75, 3.05) is 44.3 Å². The van der Waals surface area contributed by atoms with Gasteiger partial charge < -0.3 is 27.8 Å². The molecule has 2 heterocycles. The number of ether oxygens (including phenoxy) is 2. The highest BCUT2D eigenvalue weighted by Crippen LogP contribution is 2.51. The minimum atomic E-state index is -3.54. The molecule has 2 aromatic heterocycles. The van der Waals surface area contributed by atoms with E-state index in [1.54, 1.807) is 34.6 Å². The van der Waals surface area contributed by atoms with E-state index in [1.165, 1.54) is 25.2 Å². The van der Waals surface area contributed by atoms with E-state index >= 15 is 0 Å². The monoisotopic (exact) mass is 760 g/mol. The lowest BCUT2D eigenvalue weighted by molar-refractivity contribution is 0.0623. The number of fused-ring (bicyclic) bond motifs is 1. The summed E-state index contributed by atoms with van der Waals surface area (Å²) in [6.07, 6.45) is 0.467. The van der Waals surface area contributed by atoms with Gasteiger partial charge in [0, 0.05) is 6.61 Å². The summed E-state index contributed by atoms with van der Waals surface area (Å²) in [4.78, 5) is 32.1. The van der Waals surface area contributed by atoms with E-state index in [9.17, 15) is 10.7 Å². The van der Waals surface area contributed by atoms with Gasteiger partial charge >= 0.3 is 13.7 Å². The number of nitrogens with zero attached hydrogens (tertiary/aromatic N) is 4. The number of carbonyl (C=O) groups excluding carboxylic acids is 1. The second kappa shape index (κ2) is 17.4. The van der Waals surface area contributed by atoms with Crippen molar-refractivity contribution in [3.63, 3.8) is 0 Å². The van der Waals surface area contributed by atoms with Gasteiger partial charge in [0.25, 0.3) is 8.32 Å². The van der Waals surface area contributed by atoms with Gasteiger partial charge in [0.15, 0.2) is 5.52 Å². The number of anilines is 1. The van der Waals surface area contributed by atoms with E-state index in [1.807, 2.05) is 36.4 Å². The number of hydrogen-bond acceptors (Lipinski definition) is 12. The van der Waals surface area contributed by atoms with Crippen LogP contribution in [0, 0.1) is 0 Å². The predicted octanol–water partition coefficient (Wildman–Crippen LogP) is 6.51. The lowest BCUT2D eigenvalue weighted by Crippen LogP contribution is -2.67. The number of methoxy groups -OCH3 is 1. The number of thioether (sulfide) groups is 1. The van der Waals surface area contributed by atoms with Gasteiger partial charge in [0.2, 0.25) is 17.5 Å². The van der Waals surface area contributed by atoms with Crippen LogP contribution in [0.5, 0.6) is 5.88 Å². The lowest BCUT2D eigenvalue weighted by atomic mass is 10.2. The summed E-state index contributed by atoms with van der Waals surface area (Å²) >= 11 is 1.19. The first-order valence-electron chi connectivity index (χ1n) is 17.3. The molecule has 0 aliphatic rings. The van der Waals surface area contributed by atoms with E-state index < -0.39 is 39.4 Å². The van der Waals surface area contributed by atoms with Gasteiger partial charge in [-0.25, -0.2) is 14.8 Å². The third-order valence-corrected chi connectivity index (χ3v) is 16.3. The fraction of sp³-hybridized carbons (Fsp3) is 0.486. The molecule has 0 aliphatic heterocycles. The highest BCUT2D eigenvalue weighted by molar-refractivity contribution is 8.05. The van der Waals surface area contributed by atoms with Crippen LogP contribution in [0.4, 0.5) is 10.7 Å². The molecule has 0 aliphatic carbocycles. The summed E-state index contributed by atoms with van der Waals surface area (Å²) in [7, 11) is -5.18. The van der Waals surface area contributed by atoms with Crippen molar-refractivity contribution in [3.8, 4) is 5.88 Å². The Balaban J connectivity index is 1.79. The van der Waals surface area contributed by atoms with Crippen LogP contribution in [-0.4, -0.2) is 84.0 Å². The summed E-state index contributed by atoms with van der Waals surface area (Å²) in [6.45, 7) is 14.2. The van der Waals surface area contributed by atoms with Crippen molar-refractivity contribution in [3.05, 3.63) is 67.0 Å². The Morgan fingerprint density at radius 1 is 0.980 bits per heavy atom. The fourth-order valence-corrected chi connectivity index (χ4v) is 13.4. The largest absolute Gasteiger partial charge is 0.479 e. The van der Waals surface area contributed by atoms with E-state index in [4.69, 9.17) is 27.8 Å². The minimum absolute atomic E-state index is 0.0180. The number of benzene rings is 2. The van der Waals surface area contributed by atoms with Crippen LogP contribution in [0.3, 0.4) is 0 Å². The van der Waals surface area contributed by atoms with Crippen molar-refractivity contribution in [2.45, 2.75) is 71.3 Å². The molecule has 0 saturated heterocycles. The van der Waals surface area contributed by atoms with Gasteiger partial charge in [-0.1, -0.05) is 81.4 Å². The molecule has 0 bridgehead atoms. The zero-order chi connectivity index (χ0) is 38.2. The van der Waals surface area contributed by atoms with Gasteiger partial charge in [0.05, 0.1) is 32.4 Å². The van der Waals surface area contributed by atoms with E-state index in [0.29, 0.717) is 0 Å². The van der Waals surface area contributed by atoms with Gasteiger partial charge in [-0.3, -0.25) is 9.88 Å². The van der Waals surface area contributed by atoms with Gasteiger partial charge in [0.1, 0.15) is 18.5 Å².